The predicted molar refractivity (Wildman–Crippen MR) is 101 cm³/mol. The summed E-state index contributed by atoms with van der Waals surface area (Å²) in [7, 11) is 0. The van der Waals surface area contributed by atoms with E-state index in [4.69, 9.17) is 0 Å². The Balaban J connectivity index is 1.92. The van der Waals surface area contributed by atoms with Crippen LogP contribution in [0.5, 0.6) is 0 Å². The van der Waals surface area contributed by atoms with Crippen molar-refractivity contribution in [1.82, 2.24) is 14.3 Å². The summed E-state index contributed by atoms with van der Waals surface area (Å²) in [5.74, 6) is 0. The number of para-hydroxylation sites is 1. The fraction of sp³-hybridized carbons (Fsp3) is 0.0526. The van der Waals surface area contributed by atoms with Gasteiger partial charge >= 0.3 is 0 Å². The van der Waals surface area contributed by atoms with Crippen molar-refractivity contribution < 1.29 is 0 Å². The Hall–Kier alpha value is -2.99. The van der Waals surface area contributed by atoms with Gasteiger partial charge in [0.25, 0.3) is 11.1 Å². The summed E-state index contributed by atoms with van der Waals surface area (Å²) in [6.45, 7) is 0.365. The zero-order valence-electron chi connectivity index (χ0n) is 13.2. The molecule has 124 valence electrons. The van der Waals surface area contributed by atoms with Gasteiger partial charge in [0.1, 0.15) is 0 Å². The van der Waals surface area contributed by atoms with Crippen molar-refractivity contribution in [1.29, 1.82) is 0 Å². The van der Waals surface area contributed by atoms with Crippen LogP contribution in [0.4, 0.5) is 0 Å². The van der Waals surface area contributed by atoms with E-state index in [0.717, 1.165) is 5.56 Å². The lowest BCUT2D eigenvalue weighted by molar-refractivity contribution is 0.699. The Morgan fingerprint density at radius 1 is 0.920 bits per heavy atom. The fourth-order valence-corrected chi connectivity index (χ4v) is 3.28. The molecule has 2 heterocycles. The molecule has 0 fully saturated rings. The van der Waals surface area contributed by atoms with Crippen LogP contribution in [0.15, 0.2) is 81.3 Å². The van der Waals surface area contributed by atoms with Crippen molar-refractivity contribution in [3.05, 3.63) is 93.0 Å². The van der Waals surface area contributed by atoms with E-state index in [1.165, 1.54) is 15.3 Å². The average molecular weight is 349 g/mol. The van der Waals surface area contributed by atoms with E-state index in [1.54, 1.807) is 0 Å². The number of hydrogen-bond donors (Lipinski definition) is 2. The van der Waals surface area contributed by atoms with Gasteiger partial charge in [-0.1, -0.05) is 48.5 Å². The van der Waals surface area contributed by atoms with Gasteiger partial charge in [-0.2, -0.15) is 0 Å². The summed E-state index contributed by atoms with van der Waals surface area (Å²) in [6, 6.07) is 20.3. The molecule has 0 saturated heterocycles. The second-order valence-corrected chi connectivity index (χ2v) is 6.18. The van der Waals surface area contributed by atoms with E-state index in [9.17, 15) is 9.59 Å². The van der Waals surface area contributed by atoms with Crippen molar-refractivity contribution in [2.75, 3.05) is 0 Å². The lowest BCUT2D eigenvalue weighted by Crippen LogP contribution is -2.22. The Kier molecular flexibility index (Phi) is 3.82. The van der Waals surface area contributed by atoms with Crippen LogP contribution >= 0.6 is 12.6 Å². The summed E-state index contributed by atoms with van der Waals surface area (Å²) in [5, 5.41) is 3.76. The van der Waals surface area contributed by atoms with E-state index in [2.05, 4.69) is 17.7 Å². The molecule has 0 aliphatic heterocycles. The minimum Gasteiger partial charge on any atom is -0.298 e. The average Bonchev–Trinajstić information content (AvgIpc) is 2.96. The fourth-order valence-electron chi connectivity index (χ4n) is 2.89. The first-order valence-corrected chi connectivity index (χ1v) is 8.27. The summed E-state index contributed by atoms with van der Waals surface area (Å²) in [5.41, 5.74) is 1.72. The van der Waals surface area contributed by atoms with Gasteiger partial charge in [0.2, 0.25) is 0 Å². The van der Waals surface area contributed by atoms with E-state index in [1.807, 2.05) is 60.7 Å². The van der Waals surface area contributed by atoms with Crippen LogP contribution in [0.25, 0.3) is 16.6 Å². The minimum atomic E-state index is -0.229. The molecule has 0 unspecified atom stereocenters. The van der Waals surface area contributed by atoms with E-state index < -0.39 is 0 Å². The Labute approximate surface area is 148 Å². The molecule has 6 heteroatoms. The molecular weight excluding hydrogens is 334 g/mol. The minimum absolute atomic E-state index is 0.206. The molecule has 5 nitrogen and oxygen atoms in total. The van der Waals surface area contributed by atoms with Crippen molar-refractivity contribution in [3.8, 4) is 5.69 Å². The molecule has 0 aliphatic rings. The Morgan fingerprint density at radius 2 is 1.56 bits per heavy atom. The summed E-state index contributed by atoms with van der Waals surface area (Å²) in [4.78, 5) is 25.3. The standard InChI is InChI=1S/C19H15N3O2S/c23-16-11-15-17(18(24)22(20-15)14-9-5-2-6-10-14)19(25)21(16)12-13-7-3-1-4-8-13/h1-11,20,25H,12H2. The highest BCUT2D eigenvalue weighted by molar-refractivity contribution is 7.80. The summed E-state index contributed by atoms with van der Waals surface area (Å²) < 4.78 is 2.93. The van der Waals surface area contributed by atoms with E-state index >= 15 is 0 Å². The van der Waals surface area contributed by atoms with Gasteiger partial charge in [-0.05, 0) is 17.7 Å². The van der Waals surface area contributed by atoms with Gasteiger partial charge in [-0.3, -0.25) is 19.3 Å². The number of aromatic nitrogens is 3. The number of hydrogen-bond acceptors (Lipinski definition) is 3. The van der Waals surface area contributed by atoms with Crippen molar-refractivity contribution in [2.45, 2.75) is 11.6 Å². The number of thiol groups is 1. The van der Waals surface area contributed by atoms with Crippen molar-refractivity contribution in [2.24, 2.45) is 0 Å². The molecule has 0 atom stereocenters. The van der Waals surface area contributed by atoms with Gasteiger partial charge in [0.05, 0.1) is 28.2 Å². The molecule has 4 aromatic rings. The molecule has 0 bridgehead atoms. The third-order valence-electron chi connectivity index (χ3n) is 4.13. The molecule has 0 aliphatic carbocycles. The second kappa shape index (κ2) is 6.14. The van der Waals surface area contributed by atoms with Crippen molar-refractivity contribution in [3.63, 3.8) is 0 Å². The molecule has 0 spiro atoms. The van der Waals surface area contributed by atoms with E-state index in [0.29, 0.717) is 28.2 Å². The predicted octanol–water partition coefficient (Wildman–Crippen LogP) is 2.82. The maximum atomic E-state index is 12.8. The highest BCUT2D eigenvalue weighted by Gasteiger charge is 2.15. The number of benzene rings is 2. The largest absolute Gasteiger partial charge is 0.298 e. The van der Waals surface area contributed by atoms with E-state index in [-0.39, 0.29) is 11.1 Å². The molecule has 2 aromatic heterocycles. The molecule has 0 radical (unpaired) electrons. The molecule has 0 amide bonds. The Bertz CT molecular complexity index is 1160. The van der Waals surface area contributed by atoms with Gasteiger partial charge in [-0.25, -0.2) is 4.68 Å². The number of H-pyrrole nitrogens is 1. The normalized spacial score (nSPS) is 11.1. The highest BCUT2D eigenvalue weighted by Crippen LogP contribution is 2.18. The van der Waals surface area contributed by atoms with Gasteiger partial charge < -0.3 is 0 Å². The summed E-state index contributed by atoms with van der Waals surface area (Å²) in [6.07, 6.45) is 0. The number of nitrogens with zero attached hydrogens (tertiary/aromatic N) is 2. The van der Waals surface area contributed by atoms with Crippen LogP contribution in [0.3, 0.4) is 0 Å². The molecule has 25 heavy (non-hydrogen) atoms. The van der Waals surface area contributed by atoms with Gasteiger partial charge in [0, 0.05) is 6.07 Å². The van der Waals surface area contributed by atoms with Crippen molar-refractivity contribution >= 4 is 23.5 Å². The lowest BCUT2D eigenvalue weighted by atomic mass is 10.2. The number of fused-ring (bicyclic) bond motifs is 1. The SMILES string of the molecule is O=c1c2c(S)n(Cc3ccccc3)c(=O)cc2[nH]n1-c1ccccc1. The lowest BCUT2D eigenvalue weighted by Gasteiger charge is -2.09. The first-order valence-electron chi connectivity index (χ1n) is 7.82. The van der Waals surface area contributed by atoms with Crippen LogP contribution < -0.4 is 11.1 Å². The molecule has 0 saturated carbocycles. The topological polar surface area (TPSA) is 59.8 Å². The number of nitrogens with one attached hydrogen (secondary N) is 1. The second-order valence-electron chi connectivity index (χ2n) is 5.75. The first kappa shape index (κ1) is 15.5. The first-order chi connectivity index (χ1) is 12.1. The highest BCUT2D eigenvalue weighted by atomic mass is 32.1. The zero-order valence-corrected chi connectivity index (χ0v) is 14.1. The maximum Gasteiger partial charge on any atom is 0.281 e. The molecular formula is C19H15N3O2S. The van der Waals surface area contributed by atoms with Crippen LogP contribution in [0.2, 0.25) is 0 Å². The van der Waals surface area contributed by atoms with Crippen LogP contribution in [-0.4, -0.2) is 14.3 Å². The van der Waals surface area contributed by atoms with Crippen LogP contribution in [0.1, 0.15) is 5.56 Å². The van der Waals surface area contributed by atoms with Gasteiger partial charge in [0.15, 0.2) is 0 Å². The monoisotopic (exact) mass is 349 g/mol. The van der Waals surface area contributed by atoms with Gasteiger partial charge in [-0.15, -0.1) is 12.6 Å². The molecule has 2 aromatic carbocycles. The van der Waals surface area contributed by atoms with Crippen LogP contribution in [0, 0.1) is 0 Å². The summed E-state index contributed by atoms with van der Waals surface area (Å²) >= 11 is 4.49. The smallest absolute Gasteiger partial charge is 0.281 e. The number of aromatic amines is 1. The third kappa shape index (κ3) is 2.70. The number of rotatable bonds is 3. The number of pyridine rings is 1. The maximum absolute atomic E-state index is 12.8. The Morgan fingerprint density at radius 3 is 2.24 bits per heavy atom. The molecule has 4 rings (SSSR count). The zero-order chi connectivity index (χ0) is 17.4. The van der Waals surface area contributed by atoms with Crippen LogP contribution in [-0.2, 0) is 6.54 Å². The molecule has 1 N–H and O–H groups in total. The quantitative estimate of drug-likeness (QED) is 0.559. The third-order valence-corrected chi connectivity index (χ3v) is 4.59.